The molecule has 1 unspecified atom stereocenters. The lowest BCUT2D eigenvalue weighted by atomic mass is 10.1. The van der Waals surface area contributed by atoms with Crippen molar-refractivity contribution >= 4 is 11.5 Å². The largest absolute Gasteiger partial charge is 0.497 e. The van der Waals surface area contributed by atoms with Crippen LogP contribution in [0.2, 0.25) is 0 Å². The Morgan fingerprint density at radius 1 is 1.43 bits per heavy atom. The number of methoxy groups -OCH3 is 1. The van der Waals surface area contributed by atoms with Crippen molar-refractivity contribution in [2.24, 2.45) is 0 Å². The van der Waals surface area contributed by atoms with E-state index < -0.39 is 0 Å². The van der Waals surface area contributed by atoms with E-state index in [2.05, 4.69) is 5.32 Å². The minimum absolute atomic E-state index is 0.0957. The topological polar surface area (TPSA) is 54.0 Å². The summed E-state index contributed by atoms with van der Waals surface area (Å²) in [5.41, 5.74) is 2.15. The molecular weight excluding hydrogens is 294 g/mol. The Bertz CT molecular complexity index is 707. The molecule has 0 aliphatic carbocycles. The average Bonchev–Trinajstić information content (AvgIpc) is 3.13. The van der Waals surface area contributed by atoms with Gasteiger partial charge in [-0.1, -0.05) is 12.1 Å². The molecule has 23 heavy (non-hydrogen) atoms. The smallest absolute Gasteiger partial charge is 0.254 e. The monoisotopic (exact) mass is 313 g/mol. The van der Waals surface area contributed by atoms with Crippen molar-refractivity contribution in [3.05, 3.63) is 60.3 Å². The molecule has 1 aromatic rings. The van der Waals surface area contributed by atoms with Crippen LogP contribution in [-0.2, 0) is 9.53 Å². The molecule has 0 radical (unpaired) electrons. The maximum Gasteiger partial charge on any atom is 0.254 e. The van der Waals surface area contributed by atoms with Crippen molar-refractivity contribution in [3.8, 4) is 5.75 Å². The Balaban J connectivity index is 2.03. The zero-order valence-corrected chi connectivity index (χ0v) is 13.3. The van der Waals surface area contributed by atoms with E-state index in [0.29, 0.717) is 5.70 Å². The second kappa shape index (κ2) is 6.08. The summed E-state index contributed by atoms with van der Waals surface area (Å²) in [6.45, 7) is 0. The molecule has 6 nitrogen and oxygen atoms in total. The summed E-state index contributed by atoms with van der Waals surface area (Å²) < 4.78 is 10.7. The van der Waals surface area contributed by atoms with Crippen molar-refractivity contribution < 1.29 is 14.3 Å². The van der Waals surface area contributed by atoms with E-state index in [1.54, 1.807) is 36.7 Å². The highest BCUT2D eigenvalue weighted by atomic mass is 16.5. The summed E-state index contributed by atoms with van der Waals surface area (Å²) in [7, 11) is 5.36. The average molecular weight is 313 g/mol. The second-order valence-corrected chi connectivity index (χ2v) is 5.42. The first-order valence-electron chi connectivity index (χ1n) is 7.25. The zero-order valence-electron chi connectivity index (χ0n) is 13.3. The summed E-state index contributed by atoms with van der Waals surface area (Å²) >= 11 is 0. The first-order valence-corrected chi connectivity index (χ1v) is 7.25. The SMILES string of the molecule is COc1cccc(C2=C(C(=O)C=CN(C)C)N3C=COC3N2)c1. The number of carbonyl (C=O) groups is 1. The lowest BCUT2D eigenvalue weighted by Gasteiger charge is -2.16. The van der Waals surface area contributed by atoms with Crippen LogP contribution in [0.1, 0.15) is 5.56 Å². The van der Waals surface area contributed by atoms with Gasteiger partial charge in [0.25, 0.3) is 6.35 Å². The van der Waals surface area contributed by atoms with Crippen LogP contribution in [0.3, 0.4) is 0 Å². The van der Waals surface area contributed by atoms with Crippen LogP contribution >= 0.6 is 0 Å². The molecule has 2 aliphatic heterocycles. The van der Waals surface area contributed by atoms with Crippen LogP contribution in [0.4, 0.5) is 0 Å². The number of benzene rings is 1. The number of ether oxygens (including phenoxy) is 2. The molecule has 0 bridgehead atoms. The molecular formula is C17H19N3O3. The van der Waals surface area contributed by atoms with E-state index >= 15 is 0 Å². The van der Waals surface area contributed by atoms with Crippen molar-refractivity contribution in [3.63, 3.8) is 0 Å². The summed E-state index contributed by atoms with van der Waals surface area (Å²) in [6, 6.07) is 7.57. The highest BCUT2D eigenvalue weighted by molar-refractivity contribution is 6.09. The standard InChI is InChI=1S/C17H19N3O3/c1-19(2)8-7-14(21)16-15(18-17-20(16)9-10-23-17)12-5-4-6-13(11-12)22-3/h4-11,17-18H,1-3H3. The molecule has 1 atom stereocenters. The van der Waals surface area contributed by atoms with Gasteiger partial charge in [0.05, 0.1) is 12.8 Å². The van der Waals surface area contributed by atoms with E-state index in [-0.39, 0.29) is 12.1 Å². The van der Waals surface area contributed by atoms with Crippen LogP contribution < -0.4 is 10.1 Å². The van der Waals surface area contributed by atoms with Gasteiger partial charge in [-0.2, -0.15) is 0 Å². The minimum Gasteiger partial charge on any atom is -0.497 e. The molecule has 0 spiro atoms. The first-order chi connectivity index (χ1) is 11.1. The summed E-state index contributed by atoms with van der Waals surface area (Å²) in [5, 5.41) is 3.24. The molecule has 1 N–H and O–H groups in total. The zero-order chi connectivity index (χ0) is 16.4. The molecule has 120 valence electrons. The van der Waals surface area contributed by atoms with E-state index in [1.165, 1.54) is 0 Å². The van der Waals surface area contributed by atoms with Gasteiger partial charge in [-0.25, -0.2) is 0 Å². The number of carbonyl (C=O) groups excluding carboxylic acids is 1. The lowest BCUT2D eigenvalue weighted by molar-refractivity contribution is -0.112. The molecule has 0 saturated carbocycles. The maximum absolute atomic E-state index is 12.7. The van der Waals surface area contributed by atoms with Crippen LogP contribution in [-0.4, -0.2) is 43.1 Å². The molecule has 0 saturated heterocycles. The van der Waals surface area contributed by atoms with Gasteiger partial charge in [0.1, 0.15) is 17.7 Å². The lowest BCUT2D eigenvalue weighted by Crippen LogP contribution is -2.32. The first kappa shape index (κ1) is 15.0. The summed E-state index contributed by atoms with van der Waals surface area (Å²) in [4.78, 5) is 16.3. The van der Waals surface area contributed by atoms with Gasteiger partial charge in [0.2, 0.25) is 5.78 Å². The van der Waals surface area contributed by atoms with Gasteiger partial charge in [0.15, 0.2) is 0 Å². The van der Waals surface area contributed by atoms with Crippen molar-refractivity contribution in [1.82, 2.24) is 15.1 Å². The molecule has 3 rings (SSSR count). The van der Waals surface area contributed by atoms with Crippen LogP contribution in [0.5, 0.6) is 5.75 Å². The highest BCUT2D eigenvalue weighted by Crippen LogP contribution is 2.33. The summed E-state index contributed by atoms with van der Waals surface area (Å²) in [6.07, 6.45) is 6.21. The Labute approximate surface area is 135 Å². The second-order valence-electron chi connectivity index (χ2n) is 5.42. The van der Waals surface area contributed by atoms with Gasteiger partial charge in [-0.05, 0) is 12.1 Å². The molecule has 6 heteroatoms. The normalized spacial score (nSPS) is 18.9. The Morgan fingerprint density at radius 2 is 2.26 bits per heavy atom. The minimum atomic E-state index is -0.386. The van der Waals surface area contributed by atoms with Gasteiger partial charge >= 0.3 is 0 Å². The van der Waals surface area contributed by atoms with Crippen LogP contribution in [0.25, 0.3) is 5.70 Å². The quantitative estimate of drug-likeness (QED) is 0.835. The van der Waals surface area contributed by atoms with E-state index in [0.717, 1.165) is 17.0 Å². The Kier molecular flexibility index (Phi) is 3.97. The van der Waals surface area contributed by atoms with E-state index in [9.17, 15) is 4.79 Å². The van der Waals surface area contributed by atoms with Gasteiger partial charge in [-0.3, -0.25) is 9.69 Å². The van der Waals surface area contributed by atoms with Gasteiger partial charge < -0.3 is 19.7 Å². The number of fused-ring (bicyclic) bond motifs is 1. The third kappa shape index (κ3) is 2.88. The molecule has 2 heterocycles. The number of nitrogens with zero attached hydrogens (tertiary/aromatic N) is 2. The number of ketones is 1. The molecule has 0 aromatic heterocycles. The number of allylic oxidation sites excluding steroid dienone is 1. The molecule has 0 fully saturated rings. The van der Waals surface area contributed by atoms with Crippen LogP contribution in [0.15, 0.2) is 54.7 Å². The van der Waals surface area contributed by atoms with Crippen LogP contribution in [0, 0.1) is 0 Å². The molecule has 2 aliphatic rings. The van der Waals surface area contributed by atoms with Gasteiger partial charge in [-0.15, -0.1) is 0 Å². The number of hydrogen-bond acceptors (Lipinski definition) is 6. The fourth-order valence-corrected chi connectivity index (χ4v) is 2.48. The van der Waals surface area contributed by atoms with Crippen molar-refractivity contribution in [2.75, 3.05) is 21.2 Å². The highest BCUT2D eigenvalue weighted by Gasteiger charge is 2.37. The predicted molar refractivity (Wildman–Crippen MR) is 86.7 cm³/mol. The van der Waals surface area contributed by atoms with Crippen molar-refractivity contribution in [2.45, 2.75) is 6.35 Å². The van der Waals surface area contributed by atoms with E-state index in [4.69, 9.17) is 9.47 Å². The maximum atomic E-state index is 12.7. The Morgan fingerprint density at radius 3 is 3.00 bits per heavy atom. The number of rotatable bonds is 5. The number of nitrogens with one attached hydrogen (secondary N) is 1. The number of hydrogen-bond donors (Lipinski definition) is 1. The third-order valence-electron chi connectivity index (χ3n) is 3.56. The third-order valence-corrected chi connectivity index (χ3v) is 3.56. The van der Waals surface area contributed by atoms with Crippen molar-refractivity contribution in [1.29, 1.82) is 0 Å². The molecule has 1 aromatic carbocycles. The van der Waals surface area contributed by atoms with Gasteiger partial charge in [0, 0.05) is 38.1 Å². The molecule has 0 amide bonds. The fraction of sp³-hybridized carbons (Fsp3) is 0.235. The Hall–Kier alpha value is -2.89. The summed E-state index contributed by atoms with van der Waals surface area (Å²) in [5.74, 6) is 0.637. The predicted octanol–water partition coefficient (Wildman–Crippen LogP) is 1.70. The van der Waals surface area contributed by atoms with E-state index in [1.807, 2.05) is 43.3 Å². The fourth-order valence-electron chi connectivity index (χ4n) is 2.48.